The lowest BCUT2D eigenvalue weighted by atomic mass is 9.66. The maximum atomic E-state index is 13.1. The van der Waals surface area contributed by atoms with E-state index in [-0.39, 0.29) is 16.3 Å². The van der Waals surface area contributed by atoms with Crippen LogP contribution in [0.3, 0.4) is 0 Å². The molecule has 4 rings (SSSR count). The fourth-order valence-electron chi connectivity index (χ4n) is 4.51. The van der Waals surface area contributed by atoms with Crippen molar-refractivity contribution in [3.05, 3.63) is 47.0 Å². The largest absolute Gasteiger partial charge is 0.292 e. The smallest absolute Gasteiger partial charge is 0.0976 e. The highest BCUT2D eigenvalue weighted by Gasteiger charge is 2.51. The highest BCUT2D eigenvalue weighted by Crippen LogP contribution is 2.50. The summed E-state index contributed by atoms with van der Waals surface area (Å²) in [7, 11) is -1.12. The number of hydrogen-bond donors (Lipinski definition) is 1. The molecule has 0 aromatic heterocycles. The van der Waals surface area contributed by atoms with Gasteiger partial charge in [-0.15, -0.1) is 6.58 Å². The summed E-state index contributed by atoms with van der Waals surface area (Å²) in [5.74, 6) is 0.799. The van der Waals surface area contributed by atoms with E-state index in [9.17, 15) is 4.21 Å². The van der Waals surface area contributed by atoms with Gasteiger partial charge in [0.2, 0.25) is 0 Å². The molecule has 2 heterocycles. The summed E-state index contributed by atoms with van der Waals surface area (Å²) < 4.78 is 17.4. The summed E-state index contributed by atoms with van der Waals surface area (Å²) in [4.78, 5) is 2.59. The molecule has 0 spiro atoms. The van der Waals surface area contributed by atoms with Gasteiger partial charge in [-0.3, -0.25) is 4.90 Å². The summed E-state index contributed by atoms with van der Waals surface area (Å²) >= 11 is 3.62. The molecule has 1 aliphatic carbocycles. The average molecular weight is 439 g/mol. The van der Waals surface area contributed by atoms with Crippen LogP contribution in [0.1, 0.15) is 58.1 Å². The Hall–Kier alpha value is -0.490. The Morgan fingerprint density at radius 2 is 2.12 bits per heavy atom. The third-order valence-electron chi connectivity index (χ3n) is 5.93. The number of hydrogen-bond acceptors (Lipinski definition) is 2. The van der Waals surface area contributed by atoms with E-state index in [1.54, 1.807) is 0 Å². The second-order valence-corrected chi connectivity index (χ2v) is 11.6. The van der Waals surface area contributed by atoms with Gasteiger partial charge in [0, 0.05) is 23.1 Å². The molecule has 1 aromatic rings. The minimum absolute atomic E-state index is 0.00461. The van der Waals surface area contributed by atoms with Crippen molar-refractivity contribution < 1.29 is 4.21 Å². The van der Waals surface area contributed by atoms with E-state index in [1.807, 2.05) is 26.8 Å². The summed E-state index contributed by atoms with van der Waals surface area (Å²) in [6.45, 7) is 12.1. The molecule has 3 nitrogen and oxygen atoms in total. The molecule has 2 unspecified atom stereocenters. The van der Waals surface area contributed by atoms with E-state index in [0.29, 0.717) is 0 Å². The Morgan fingerprint density at radius 1 is 1.42 bits per heavy atom. The first-order valence-corrected chi connectivity index (χ1v) is 11.5. The van der Waals surface area contributed by atoms with Crippen LogP contribution in [-0.4, -0.2) is 32.5 Å². The van der Waals surface area contributed by atoms with Crippen LogP contribution >= 0.6 is 15.9 Å². The highest BCUT2D eigenvalue weighted by atomic mass is 79.9. The first kappa shape index (κ1) is 20.2. The molecule has 3 fully saturated rings. The molecule has 2 atom stereocenters. The quantitative estimate of drug-likeness (QED) is 0.635. The normalized spacial score (nSPS) is 28.7. The predicted molar refractivity (Wildman–Crippen MR) is 114 cm³/mol. The lowest BCUT2D eigenvalue weighted by molar-refractivity contribution is -0.0473. The Morgan fingerprint density at radius 3 is 2.69 bits per heavy atom. The van der Waals surface area contributed by atoms with Crippen LogP contribution in [0.2, 0.25) is 0 Å². The van der Waals surface area contributed by atoms with Crippen LogP contribution in [0.4, 0.5) is 0 Å². The number of piperidine rings is 2. The number of nitrogens with one attached hydrogen (secondary N) is 1. The van der Waals surface area contributed by atoms with E-state index in [2.05, 4.69) is 56.4 Å². The molecule has 1 aromatic carbocycles. The van der Waals surface area contributed by atoms with Gasteiger partial charge in [0.25, 0.3) is 0 Å². The van der Waals surface area contributed by atoms with Gasteiger partial charge in [-0.05, 0) is 70.1 Å². The highest BCUT2D eigenvalue weighted by molar-refractivity contribution is 9.10. The molecule has 2 aliphatic heterocycles. The molecule has 2 bridgehead atoms. The molecule has 0 radical (unpaired) electrons. The zero-order valence-electron chi connectivity index (χ0n) is 16.1. The molecule has 0 amide bonds. The lowest BCUT2D eigenvalue weighted by Crippen LogP contribution is -2.64. The van der Waals surface area contributed by atoms with Crippen LogP contribution in [0.25, 0.3) is 0 Å². The van der Waals surface area contributed by atoms with Crippen molar-refractivity contribution in [3.63, 3.8) is 0 Å². The van der Waals surface area contributed by atoms with Crippen molar-refractivity contribution in [2.24, 2.45) is 5.92 Å². The summed E-state index contributed by atoms with van der Waals surface area (Å²) in [5, 5.41) is 0. The second-order valence-electron chi connectivity index (χ2n) is 8.73. The van der Waals surface area contributed by atoms with Gasteiger partial charge in [-0.2, -0.15) is 0 Å². The van der Waals surface area contributed by atoms with Crippen molar-refractivity contribution in [1.29, 1.82) is 0 Å². The van der Waals surface area contributed by atoms with Gasteiger partial charge >= 0.3 is 0 Å². The van der Waals surface area contributed by atoms with Crippen molar-refractivity contribution >= 4 is 26.9 Å². The molecular formula is C21H31BrN2OS. The van der Waals surface area contributed by atoms with Crippen molar-refractivity contribution in [2.75, 3.05) is 13.1 Å². The summed E-state index contributed by atoms with van der Waals surface area (Å²) in [6, 6.07) is 8.53. The van der Waals surface area contributed by atoms with Gasteiger partial charge in [0.1, 0.15) is 0 Å². The van der Waals surface area contributed by atoms with Crippen molar-refractivity contribution in [1.82, 2.24) is 9.62 Å². The summed E-state index contributed by atoms with van der Waals surface area (Å²) in [5.41, 5.74) is 1.22. The van der Waals surface area contributed by atoms with Gasteiger partial charge in [0.15, 0.2) is 0 Å². The molecular weight excluding hydrogens is 408 g/mol. The van der Waals surface area contributed by atoms with Gasteiger partial charge in [-0.1, -0.05) is 34.1 Å². The fourth-order valence-corrected chi connectivity index (χ4v) is 5.85. The zero-order chi connectivity index (χ0) is 18.9. The molecule has 144 valence electrons. The first-order chi connectivity index (χ1) is 12.3. The minimum atomic E-state index is -1.12. The molecule has 26 heavy (non-hydrogen) atoms. The fraction of sp³-hybridized carbons (Fsp3) is 0.619. The van der Waals surface area contributed by atoms with E-state index >= 15 is 0 Å². The zero-order valence-corrected chi connectivity index (χ0v) is 18.5. The van der Waals surface area contributed by atoms with E-state index in [0.717, 1.165) is 36.3 Å². The van der Waals surface area contributed by atoms with Crippen LogP contribution in [0.15, 0.2) is 41.4 Å². The first-order valence-electron chi connectivity index (χ1n) is 9.56. The Bertz CT molecular complexity index is 677. The predicted octanol–water partition coefficient (Wildman–Crippen LogP) is 4.97. The minimum Gasteiger partial charge on any atom is -0.292 e. The lowest BCUT2D eigenvalue weighted by Gasteiger charge is -2.58. The molecule has 3 aliphatic rings. The number of benzene rings is 1. The third-order valence-corrected chi connectivity index (χ3v) is 7.98. The van der Waals surface area contributed by atoms with Gasteiger partial charge < -0.3 is 0 Å². The van der Waals surface area contributed by atoms with E-state index in [4.69, 9.17) is 0 Å². The standard InChI is InChI=1S/C21H31BrN2OS/c1-5-13-24-15-16-9-11-21(24,12-10-16)19(23-26(25)20(2,3)4)17-7-6-8-18(22)14-17/h5-8,14,16,19,23H,1,9-13,15H2,2-4H3. The topological polar surface area (TPSA) is 32.3 Å². The number of halogens is 1. The van der Waals surface area contributed by atoms with Gasteiger partial charge in [-0.25, -0.2) is 8.93 Å². The number of rotatable bonds is 6. The number of nitrogens with zero attached hydrogens (tertiary/aromatic N) is 1. The van der Waals surface area contributed by atoms with Crippen molar-refractivity contribution in [2.45, 2.75) is 62.8 Å². The Balaban J connectivity index is 2.03. The maximum absolute atomic E-state index is 13.1. The van der Waals surface area contributed by atoms with Crippen LogP contribution in [0.5, 0.6) is 0 Å². The number of fused-ring (bicyclic) bond motifs is 3. The molecule has 5 heteroatoms. The average Bonchev–Trinajstić information content (AvgIpc) is 2.60. The van der Waals surface area contributed by atoms with Crippen molar-refractivity contribution in [3.8, 4) is 0 Å². The van der Waals surface area contributed by atoms with E-state index < -0.39 is 11.0 Å². The van der Waals surface area contributed by atoms with E-state index in [1.165, 1.54) is 18.4 Å². The van der Waals surface area contributed by atoms with Crippen LogP contribution < -0.4 is 4.72 Å². The SMILES string of the molecule is C=CCN1CC2CCC1(C(NS(=O)C(C)(C)C)c1cccc(Br)c1)CC2. The molecule has 2 saturated heterocycles. The molecule has 1 saturated carbocycles. The third kappa shape index (κ3) is 4.01. The van der Waals surface area contributed by atoms with Crippen LogP contribution in [-0.2, 0) is 11.0 Å². The van der Waals surface area contributed by atoms with Gasteiger partial charge in [0.05, 0.1) is 21.8 Å². The summed E-state index contributed by atoms with van der Waals surface area (Å²) in [6.07, 6.45) is 6.85. The Labute approximate surface area is 169 Å². The molecule has 1 N–H and O–H groups in total. The Kier molecular flexibility index (Phi) is 6.12. The second kappa shape index (κ2) is 7.86. The van der Waals surface area contributed by atoms with Crippen LogP contribution in [0, 0.1) is 5.92 Å². The maximum Gasteiger partial charge on any atom is 0.0976 e. The monoisotopic (exact) mass is 438 g/mol.